The molecule has 2 amide bonds. The van der Waals surface area contributed by atoms with E-state index in [1.807, 2.05) is 24.3 Å². The van der Waals surface area contributed by atoms with Crippen LogP contribution < -0.4 is 25.0 Å². The van der Waals surface area contributed by atoms with Crippen molar-refractivity contribution in [3.05, 3.63) is 48.5 Å². The van der Waals surface area contributed by atoms with Crippen molar-refractivity contribution in [1.82, 2.24) is 9.88 Å². The number of nitrogens with one attached hydrogen (secondary N) is 2. The zero-order valence-corrected chi connectivity index (χ0v) is 18.1. The van der Waals surface area contributed by atoms with Crippen LogP contribution in [0.1, 0.15) is 6.42 Å². The summed E-state index contributed by atoms with van der Waals surface area (Å²) in [4.78, 5) is 21.7. The van der Waals surface area contributed by atoms with Gasteiger partial charge in [-0.2, -0.15) is 0 Å². The normalized spacial score (nSPS) is 18.7. The van der Waals surface area contributed by atoms with E-state index in [2.05, 4.69) is 44.0 Å². The molecule has 8 nitrogen and oxygen atoms in total. The number of nitrogens with zero attached hydrogens (tertiary/aromatic N) is 3. The Morgan fingerprint density at radius 1 is 1.06 bits per heavy atom. The van der Waals surface area contributed by atoms with E-state index in [1.165, 1.54) is 18.2 Å². The fourth-order valence-corrected chi connectivity index (χ4v) is 4.06. The first-order valence-corrected chi connectivity index (χ1v) is 10.6. The Morgan fingerprint density at radius 3 is 2.55 bits per heavy atom. The maximum absolute atomic E-state index is 13.2. The minimum atomic E-state index is -3.70. The number of carbonyl (C=O) groups excluding carboxylic acids is 1. The molecule has 0 saturated carbocycles. The summed E-state index contributed by atoms with van der Waals surface area (Å²) in [6.07, 6.45) is -2.60. The van der Waals surface area contributed by atoms with E-state index < -0.39 is 12.3 Å². The number of urea groups is 1. The van der Waals surface area contributed by atoms with E-state index in [1.54, 1.807) is 6.07 Å². The zero-order chi connectivity index (χ0) is 23.2. The van der Waals surface area contributed by atoms with E-state index in [4.69, 9.17) is 4.98 Å². The van der Waals surface area contributed by atoms with Gasteiger partial charge in [-0.1, -0.05) is 0 Å². The molecule has 1 aromatic heterocycles. The first-order chi connectivity index (χ1) is 15.8. The van der Waals surface area contributed by atoms with Crippen molar-refractivity contribution < 1.29 is 23.0 Å². The molecular weight excluding hydrogens is 432 g/mol. The number of rotatable bonds is 4. The lowest BCUT2D eigenvalue weighted by Gasteiger charge is -2.21. The molecule has 3 heterocycles. The first kappa shape index (κ1) is 21.2. The Bertz CT molecular complexity index is 1220. The predicted octanol–water partition coefficient (Wildman–Crippen LogP) is 4.34. The van der Waals surface area contributed by atoms with Crippen LogP contribution in [0.2, 0.25) is 0 Å². The minimum absolute atomic E-state index is 0.0847. The number of pyridine rings is 1. The minimum Gasteiger partial charge on any atom is -0.395 e. The van der Waals surface area contributed by atoms with Gasteiger partial charge in [-0.05, 0) is 63.0 Å². The quantitative estimate of drug-likeness (QED) is 0.609. The Labute approximate surface area is 189 Å². The number of aromatic nitrogens is 1. The summed E-state index contributed by atoms with van der Waals surface area (Å²) in [5.41, 5.74) is 1.71. The van der Waals surface area contributed by atoms with Gasteiger partial charge in [0.2, 0.25) is 0 Å². The van der Waals surface area contributed by atoms with Crippen LogP contribution in [0, 0.1) is 0 Å². The molecule has 3 aromatic rings. The highest BCUT2D eigenvalue weighted by atomic mass is 19.3. The molecule has 1 unspecified atom stereocenters. The van der Waals surface area contributed by atoms with Crippen LogP contribution in [0.25, 0.3) is 10.9 Å². The second-order valence-corrected chi connectivity index (χ2v) is 8.34. The van der Waals surface area contributed by atoms with Crippen LogP contribution in [0.3, 0.4) is 0 Å². The second-order valence-electron chi connectivity index (χ2n) is 8.34. The van der Waals surface area contributed by atoms with Gasteiger partial charge in [0.15, 0.2) is 11.5 Å². The lowest BCUT2D eigenvalue weighted by Crippen LogP contribution is -2.31. The van der Waals surface area contributed by atoms with Gasteiger partial charge < -0.3 is 29.9 Å². The van der Waals surface area contributed by atoms with Crippen LogP contribution in [-0.4, -0.2) is 55.4 Å². The first-order valence-electron chi connectivity index (χ1n) is 10.6. The Kier molecular flexibility index (Phi) is 5.16. The number of likely N-dealkylation sites (N-methyl/N-ethyl adjacent to an activating group) is 1. The van der Waals surface area contributed by atoms with Crippen molar-refractivity contribution in [2.75, 3.05) is 42.7 Å². The Morgan fingerprint density at radius 2 is 1.79 bits per heavy atom. The van der Waals surface area contributed by atoms with Crippen LogP contribution in [-0.2, 0) is 0 Å². The van der Waals surface area contributed by atoms with Crippen molar-refractivity contribution in [3.8, 4) is 11.5 Å². The number of hydrogen-bond acceptors (Lipinski definition) is 6. The molecule has 33 heavy (non-hydrogen) atoms. The summed E-state index contributed by atoms with van der Waals surface area (Å²) in [7, 11) is 4.19. The number of carbonyl (C=O) groups is 1. The van der Waals surface area contributed by atoms with Gasteiger partial charge in [0.05, 0.1) is 5.52 Å². The number of fused-ring (bicyclic) bond motifs is 2. The molecule has 172 valence electrons. The molecule has 1 fully saturated rings. The van der Waals surface area contributed by atoms with Gasteiger partial charge in [0.1, 0.15) is 5.82 Å². The molecule has 0 spiro atoms. The van der Waals surface area contributed by atoms with E-state index >= 15 is 0 Å². The fraction of sp³-hybridized carbons (Fsp3) is 0.304. The lowest BCUT2D eigenvalue weighted by atomic mass is 10.2. The molecule has 0 bridgehead atoms. The van der Waals surface area contributed by atoms with Gasteiger partial charge in [0, 0.05) is 42.0 Å². The fourth-order valence-electron chi connectivity index (χ4n) is 4.06. The van der Waals surface area contributed by atoms with Gasteiger partial charge in [-0.15, -0.1) is 8.78 Å². The average Bonchev–Trinajstić information content (AvgIpc) is 3.36. The summed E-state index contributed by atoms with van der Waals surface area (Å²) in [6.45, 7) is 1.92. The lowest BCUT2D eigenvalue weighted by molar-refractivity contribution is -0.286. The molecule has 10 heteroatoms. The number of anilines is 3. The summed E-state index contributed by atoms with van der Waals surface area (Å²) < 4.78 is 35.1. The van der Waals surface area contributed by atoms with Crippen LogP contribution >= 0.6 is 0 Å². The van der Waals surface area contributed by atoms with E-state index in [0.29, 0.717) is 17.4 Å². The summed E-state index contributed by atoms with van der Waals surface area (Å²) in [6, 6.07) is 13.5. The smallest absolute Gasteiger partial charge is 0.395 e. The average molecular weight is 455 g/mol. The monoisotopic (exact) mass is 455 g/mol. The third kappa shape index (κ3) is 4.47. The third-order valence-corrected chi connectivity index (χ3v) is 5.81. The molecule has 0 aliphatic carbocycles. The zero-order valence-electron chi connectivity index (χ0n) is 18.1. The Balaban J connectivity index is 1.25. The number of halogens is 2. The number of benzene rings is 2. The van der Waals surface area contributed by atoms with Crippen LogP contribution in [0.5, 0.6) is 11.5 Å². The highest BCUT2D eigenvalue weighted by Gasteiger charge is 2.43. The number of alkyl halides is 2. The molecule has 1 atom stereocenters. The number of ether oxygens (including phenoxy) is 2. The molecule has 5 rings (SSSR count). The number of amides is 2. The maximum Gasteiger partial charge on any atom is 0.586 e. The highest BCUT2D eigenvalue weighted by Crippen LogP contribution is 2.42. The molecule has 0 radical (unpaired) electrons. The highest BCUT2D eigenvalue weighted by molar-refractivity contribution is 6.01. The largest absolute Gasteiger partial charge is 0.586 e. The predicted molar refractivity (Wildman–Crippen MR) is 121 cm³/mol. The Hall–Kier alpha value is -3.66. The topological polar surface area (TPSA) is 79.0 Å². The molecular formula is C23H23F2N5O3. The summed E-state index contributed by atoms with van der Waals surface area (Å²) in [5.74, 6) is 0.720. The standard InChI is InChI=1S/C23H23F2N5O3/c1-29(2)17-9-10-30(13-17)21-8-3-14-11-15(4-6-18(14)28-21)26-22(31)27-16-5-7-19-20(12-16)33-23(24,25)32-19/h3-8,11-12,17H,9-10,13H2,1-2H3,(H2,26,27,31). The van der Waals surface area contributed by atoms with Crippen molar-refractivity contribution in [1.29, 1.82) is 0 Å². The molecule has 2 aliphatic heterocycles. The van der Waals surface area contributed by atoms with E-state index in [0.717, 1.165) is 36.2 Å². The van der Waals surface area contributed by atoms with Gasteiger partial charge in [-0.25, -0.2) is 9.78 Å². The molecule has 2 aliphatic rings. The van der Waals surface area contributed by atoms with Crippen molar-refractivity contribution in [2.45, 2.75) is 18.8 Å². The third-order valence-electron chi connectivity index (χ3n) is 5.81. The number of hydrogen-bond donors (Lipinski definition) is 2. The second kappa shape index (κ2) is 8.04. The van der Waals surface area contributed by atoms with Crippen molar-refractivity contribution in [2.24, 2.45) is 0 Å². The van der Waals surface area contributed by atoms with Gasteiger partial charge in [-0.3, -0.25) is 0 Å². The summed E-state index contributed by atoms with van der Waals surface area (Å²) >= 11 is 0. The van der Waals surface area contributed by atoms with Crippen LogP contribution in [0.15, 0.2) is 48.5 Å². The molecule has 2 N–H and O–H groups in total. The molecule has 1 saturated heterocycles. The van der Waals surface area contributed by atoms with E-state index in [-0.39, 0.29) is 11.5 Å². The van der Waals surface area contributed by atoms with Gasteiger partial charge in [0.25, 0.3) is 0 Å². The molecule has 2 aromatic carbocycles. The van der Waals surface area contributed by atoms with Gasteiger partial charge >= 0.3 is 12.3 Å². The van der Waals surface area contributed by atoms with Crippen LogP contribution in [0.4, 0.5) is 30.8 Å². The maximum atomic E-state index is 13.2. The van der Waals surface area contributed by atoms with Crippen molar-refractivity contribution in [3.63, 3.8) is 0 Å². The van der Waals surface area contributed by atoms with Crippen molar-refractivity contribution >= 4 is 34.1 Å². The SMILES string of the molecule is CN(C)C1CCN(c2ccc3cc(NC(=O)Nc4ccc5c(c4)OC(F)(F)O5)ccc3n2)C1. The van der Waals surface area contributed by atoms with E-state index in [9.17, 15) is 13.6 Å². The summed E-state index contributed by atoms with van der Waals surface area (Å²) in [5, 5.41) is 6.23.